The highest BCUT2D eigenvalue weighted by Gasteiger charge is 2.37. The van der Waals surface area contributed by atoms with Crippen LogP contribution < -0.4 is 10.1 Å². The molecule has 1 N–H and O–H groups in total. The second kappa shape index (κ2) is 9.18. The quantitative estimate of drug-likeness (QED) is 0.277. The van der Waals surface area contributed by atoms with E-state index in [1.165, 1.54) is 0 Å². The first-order valence-corrected chi connectivity index (χ1v) is 8.43. The molecule has 2 rings (SSSR count). The van der Waals surface area contributed by atoms with Crippen LogP contribution in [0, 0.1) is 15.9 Å². The minimum atomic E-state index is -5.02. The molecule has 0 saturated heterocycles. The van der Waals surface area contributed by atoms with Gasteiger partial charge in [0.15, 0.2) is 0 Å². The fourth-order valence-corrected chi connectivity index (χ4v) is 2.37. The van der Waals surface area contributed by atoms with Crippen molar-refractivity contribution in [2.24, 2.45) is 0 Å². The predicted molar refractivity (Wildman–Crippen MR) is 91.9 cm³/mol. The van der Waals surface area contributed by atoms with Crippen molar-refractivity contribution in [2.75, 3.05) is 13.2 Å². The van der Waals surface area contributed by atoms with E-state index in [0.717, 1.165) is 18.2 Å². The number of benzene rings is 2. The van der Waals surface area contributed by atoms with Crippen molar-refractivity contribution in [3.8, 4) is 5.75 Å². The molecular formula is C18H13F7N2O4. The number of ether oxygens (including phenoxy) is 1. The summed E-state index contributed by atoms with van der Waals surface area (Å²) in [4.78, 5) is 21.8. The van der Waals surface area contributed by atoms with Crippen LogP contribution in [0.2, 0.25) is 0 Å². The van der Waals surface area contributed by atoms with Crippen molar-refractivity contribution in [1.82, 2.24) is 5.32 Å². The van der Waals surface area contributed by atoms with Crippen molar-refractivity contribution in [1.29, 1.82) is 0 Å². The maximum Gasteiger partial charge on any atom is 0.416 e. The Hall–Kier alpha value is -3.38. The van der Waals surface area contributed by atoms with Crippen LogP contribution in [-0.4, -0.2) is 24.0 Å². The van der Waals surface area contributed by atoms with Gasteiger partial charge in [0.05, 0.1) is 28.2 Å². The maximum atomic E-state index is 13.7. The van der Waals surface area contributed by atoms with E-state index >= 15 is 0 Å². The third kappa shape index (κ3) is 6.55. The fraction of sp³-hybridized carbons (Fsp3) is 0.278. The van der Waals surface area contributed by atoms with Crippen LogP contribution in [0.4, 0.5) is 36.4 Å². The van der Waals surface area contributed by atoms with E-state index in [9.17, 15) is 45.6 Å². The fourth-order valence-electron chi connectivity index (χ4n) is 2.37. The lowest BCUT2D eigenvalue weighted by Gasteiger charge is -2.15. The summed E-state index contributed by atoms with van der Waals surface area (Å²) in [5, 5.41) is 12.9. The van der Waals surface area contributed by atoms with Crippen molar-refractivity contribution in [3.05, 3.63) is 69.0 Å². The van der Waals surface area contributed by atoms with Crippen LogP contribution in [0.3, 0.4) is 0 Å². The smallest absolute Gasteiger partial charge is 0.416 e. The zero-order valence-electron chi connectivity index (χ0n) is 15.3. The van der Waals surface area contributed by atoms with Gasteiger partial charge in [0.1, 0.15) is 11.6 Å². The van der Waals surface area contributed by atoms with Crippen molar-refractivity contribution < 1.29 is 45.2 Å². The number of halogens is 7. The number of hydrogen-bond donors (Lipinski definition) is 1. The van der Waals surface area contributed by atoms with Gasteiger partial charge in [-0.25, -0.2) is 4.39 Å². The van der Waals surface area contributed by atoms with Gasteiger partial charge in [-0.05, 0) is 30.7 Å². The average molecular weight is 454 g/mol. The van der Waals surface area contributed by atoms with Gasteiger partial charge in [-0.15, -0.1) is 0 Å². The average Bonchev–Trinajstić information content (AvgIpc) is 2.66. The van der Waals surface area contributed by atoms with Crippen molar-refractivity contribution in [2.45, 2.75) is 18.8 Å². The lowest BCUT2D eigenvalue weighted by atomic mass is 10.1. The highest BCUT2D eigenvalue weighted by molar-refractivity contribution is 5.95. The molecule has 0 heterocycles. The van der Waals surface area contributed by atoms with E-state index in [0.29, 0.717) is 12.1 Å². The first-order chi connectivity index (χ1) is 14.3. The number of nitro benzene ring substituents is 1. The van der Waals surface area contributed by atoms with Gasteiger partial charge in [0.2, 0.25) is 0 Å². The number of carbonyl (C=O) groups is 1. The van der Waals surface area contributed by atoms with Crippen molar-refractivity contribution in [3.63, 3.8) is 0 Å². The highest BCUT2D eigenvalue weighted by Crippen LogP contribution is 2.38. The Kier molecular flexibility index (Phi) is 7.08. The Morgan fingerprint density at radius 2 is 1.58 bits per heavy atom. The van der Waals surface area contributed by atoms with Crippen LogP contribution in [-0.2, 0) is 12.4 Å². The summed E-state index contributed by atoms with van der Waals surface area (Å²) in [6, 6.07) is 3.11. The molecule has 0 unspecified atom stereocenters. The van der Waals surface area contributed by atoms with Gasteiger partial charge >= 0.3 is 12.4 Å². The topological polar surface area (TPSA) is 81.5 Å². The molecule has 0 bridgehead atoms. The van der Waals surface area contributed by atoms with Crippen molar-refractivity contribution >= 4 is 11.6 Å². The van der Waals surface area contributed by atoms with E-state index < -0.39 is 57.1 Å². The largest absolute Gasteiger partial charge is 0.493 e. The molecular weight excluding hydrogens is 441 g/mol. The number of carbonyl (C=O) groups excluding carboxylic acids is 1. The zero-order chi connectivity index (χ0) is 23.4. The van der Waals surface area contributed by atoms with Gasteiger partial charge < -0.3 is 10.1 Å². The summed E-state index contributed by atoms with van der Waals surface area (Å²) in [6.45, 7) is -0.553. The molecule has 0 saturated carbocycles. The molecule has 2 aromatic carbocycles. The van der Waals surface area contributed by atoms with E-state index in [1.807, 2.05) is 0 Å². The highest BCUT2D eigenvalue weighted by atomic mass is 19.4. The standard InChI is InChI=1S/C18H13F7N2O4/c19-15-3-2-12(27(29)30)9-14(15)16(28)26-4-1-5-31-13-7-10(17(20,21)22)6-11(8-13)18(23,24)25/h2-3,6-9H,1,4-5H2,(H,26,28). The predicted octanol–water partition coefficient (Wildman–Crippen LogP) is 4.97. The molecule has 0 spiro atoms. The molecule has 13 heteroatoms. The summed E-state index contributed by atoms with van der Waals surface area (Å²) < 4.78 is 95.4. The molecule has 0 atom stereocenters. The van der Waals surface area contributed by atoms with E-state index in [4.69, 9.17) is 4.74 Å². The normalized spacial score (nSPS) is 11.8. The molecule has 1 amide bonds. The summed E-state index contributed by atoms with van der Waals surface area (Å²) in [6.07, 6.45) is -10.1. The lowest BCUT2D eigenvalue weighted by molar-refractivity contribution is -0.384. The molecule has 6 nitrogen and oxygen atoms in total. The minimum absolute atomic E-state index is 0.0410. The summed E-state index contributed by atoms with van der Waals surface area (Å²) in [5.74, 6) is -2.67. The molecule has 0 fully saturated rings. The second-order valence-electron chi connectivity index (χ2n) is 6.12. The Balaban J connectivity index is 1.97. The summed E-state index contributed by atoms with van der Waals surface area (Å²) in [5.41, 5.74) is -4.18. The third-order valence-electron chi connectivity index (χ3n) is 3.84. The molecule has 0 aliphatic rings. The summed E-state index contributed by atoms with van der Waals surface area (Å²) >= 11 is 0. The van der Waals surface area contributed by atoms with Crippen LogP contribution >= 0.6 is 0 Å². The zero-order valence-corrected chi connectivity index (χ0v) is 15.3. The van der Waals surface area contributed by atoms with Crippen LogP contribution in [0.25, 0.3) is 0 Å². The lowest BCUT2D eigenvalue weighted by Crippen LogP contribution is -2.26. The van der Waals surface area contributed by atoms with Crippen LogP contribution in [0.5, 0.6) is 5.75 Å². The Morgan fingerprint density at radius 3 is 2.10 bits per heavy atom. The number of nitrogens with zero attached hydrogens (tertiary/aromatic N) is 1. The molecule has 0 aliphatic heterocycles. The molecule has 0 aliphatic carbocycles. The first kappa shape index (κ1) is 23.9. The molecule has 2 aromatic rings. The number of amides is 1. The first-order valence-electron chi connectivity index (χ1n) is 8.43. The molecule has 168 valence electrons. The SMILES string of the molecule is O=C(NCCCOc1cc(C(F)(F)F)cc(C(F)(F)F)c1)c1cc([N+](=O)[O-])ccc1F. The van der Waals surface area contributed by atoms with E-state index in [2.05, 4.69) is 5.32 Å². The minimum Gasteiger partial charge on any atom is -0.493 e. The summed E-state index contributed by atoms with van der Waals surface area (Å²) in [7, 11) is 0. The monoisotopic (exact) mass is 454 g/mol. The number of hydrogen-bond acceptors (Lipinski definition) is 4. The van der Waals surface area contributed by atoms with Gasteiger partial charge in [-0.1, -0.05) is 0 Å². The van der Waals surface area contributed by atoms with Gasteiger partial charge in [-0.3, -0.25) is 14.9 Å². The molecule has 0 aromatic heterocycles. The number of alkyl halides is 6. The molecule has 31 heavy (non-hydrogen) atoms. The van der Waals surface area contributed by atoms with Gasteiger partial charge in [0, 0.05) is 18.7 Å². The number of non-ortho nitro benzene ring substituents is 1. The second-order valence-corrected chi connectivity index (χ2v) is 6.12. The van der Waals surface area contributed by atoms with Crippen LogP contribution in [0.15, 0.2) is 36.4 Å². The van der Waals surface area contributed by atoms with Gasteiger partial charge in [-0.2, -0.15) is 26.3 Å². The Bertz CT molecular complexity index is 942. The Morgan fingerprint density at radius 1 is 1.00 bits per heavy atom. The van der Waals surface area contributed by atoms with Gasteiger partial charge in [0.25, 0.3) is 11.6 Å². The number of nitrogens with one attached hydrogen (secondary N) is 1. The Labute approximate surface area is 169 Å². The van der Waals surface area contributed by atoms with Crippen LogP contribution in [0.1, 0.15) is 27.9 Å². The van der Waals surface area contributed by atoms with E-state index in [1.54, 1.807) is 0 Å². The molecule has 0 radical (unpaired) electrons. The number of rotatable bonds is 7. The third-order valence-corrected chi connectivity index (χ3v) is 3.84. The maximum absolute atomic E-state index is 13.7. The van der Waals surface area contributed by atoms with E-state index in [-0.39, 0.29) is 25.6 Å². The number of nitro groups is 1.